The minimum Gasteiger partial charge on any atom is -0.353 e. The summed E-state index contributed by atoms with van der Waals surface area (Å²) in [5.74, 6) is 0.414. The van der Waals surface area contributed by atoms with Crippen molar-refractivity contribution in [2.75, 3.05) is 19.6 Å². The molecule has 1 heterocycles. The van der Waals surface area contributed by atoms with Crippen LogP contribution in [0.3, 0.4) is 0 Å². The molecule has 2 amide bonds. The predicted molar refractivity (Wildman–Crippen MR) is 101 cm³/mol. The first-order valence-corrected chi connectivity index (χ1v) is 10.3. The smallest absolute Gasteiger partial charge is 0.242 e. The summed E-state index contributed by atoms with van der Waals surface area (Å²) >= 11 is 0. The van der Waals surface area contributed by atoms with E-state index in [-0.39, 0.29) is 23.8 Å². The largest absolute Gasteiger partial charge is 0.353 e. The number of hydrogen-bond acceptors (Lipinski definition) is 3. The maximum absolute atomic E-state index is 12.8. The van der Waals surface area contributed by atoms with Crippen LogP contribution in [0.1, 0.15) is 72.6 Å². The van der Waals surface area contributed by atoms with Crippen molar-refractivity contribution in [1.82, 2.24) is 15.1 Å². The molecule has 0 aromatic rings. The van der Waals surface area contributed by atoms with Crippen molar-refractivity contribution in [2.45, 2.75) is 90.8 Å². The SMILES string of the molecule is CC(C)N(CCNC(=O)C1CCCN1C(=O)C1CCCCC1)C(C)C. The molecule has 1 atom stereocenters. The first-order chi connectivity index (χ1) is 11.9. The predicted octanol–water partition coefficient (Wildman–Crippen LogP) is 2.79. The van der Waals surface area contributed by atoms with Gasteiger partial charge in [-0.1, -0.05) is 19.3 Å². The standard InChI is InChI=1S/C20H37N3O2/c1-15(2)22(16(3)4)14-12-21-19(24)18-11-8-13-23(18)20(25)17-9-6-5-7-10-17/h15-18H,5-14H2,1-4H3,(H,21,24). The number of carbonyl (C=O) groups is 2. The fourth-order valence-electron chi connectivity index (χ4n) is 4.43. The molecule has 2 aliphatic rings. The molecule has 0 radical (unpaired) electrons. The van der Waals surface area contributed by atoms with Gasteiger partial charge in [0.2, 0.25) is 11.8 Å². The number of nitrogens with one attached hydrogen (secondary N) is 1. The highest BCUT2D eigenvalue weighted by Gasteiger charge is 2.37. The summed E-state index contributed by atoms with van der Waals surface area (Å²) < 4.78 is 0. The highest BCUT2D eigenvalue weighted by molar-refractivity contribution is 5.89. The van der Waals surface area contributed by atoms with E-state index in [0.29, 0.717) is 18.6 Å². The Hall–Kier alpha value is -1.10. The van der Waals surface area contributed by atoms with Crippen molar-refractivity contribution in [3.8, 4) is 0 Å². The molecule has 0 bridgehead atoms. The second-order valence-electron chi connectivity index (χ2n) is 8.24. The number of nitrogens with zero attached hydrogens (tertiary/aromatic N) is 2. The van der Waals surface area contributed by atoms with E-state index in [1.165, 1.54) is 6.42 Å². The van der Waals surface area contributed by atoms with Gasteiger partial charge in [0.1, 0.15) is 6.04 Å². The maximum Gasteiger partial charge on any atom is 0.242 e. The highest BCUT2D eigenvalue weighted by atomic mass is 16.2. The summed E-state index contributed by atoms with van der Waals surface area (Å²) in [6, 6.07) is 0.682. The van der Waals surface area contributed by atoms with Crippen molar-refractivity contribution in [2.24, 2.45) is 5.92 Å². The molecule has 2 fully saturated rings. The lowest BCUT2D eigenvalue weighted by molar-refractivity contribution is -0.142. The van der Waals surface area contributed by atoms with Crippen molar-refractivity contribution in [3.05, 3.63) is 0 Å². The lowest BCUT2D eigenvalue weighted by atomic mass is 9.88. The molecule has 2 rings (SSSR count). The number of likely N-dealkylation sites (tertiary alicyclic amines) is 1. The fraction of sp³-hybridized carbons (Fsp3) is 0.900. The van der Waals surface area contributed by atoms with Gasteiger partial charge in [0.15, 0.2) is 0 Å². The third-order valence-electron chi connectivity index (χ3n) is 5.79. The molecule has 25 heavy (non-hydrogen) atoms. The molecule has 144 valence electrons. The molecule has 1 unspecified atom stereocenters. The zero-order chi connectivity index (χ0) is 18.4. The third-order valence-corrected chi connectivity index (χ3v) is 5.79. The quantitative estimate of drug-likeness (QED) is 0.767. The van der Waals surface area contributed by atoms with E-state index in [1.807, 2.05) is 4.90 Å². The Morgan fingerprint density at radius 2 is 1.64 bits per heavy atom. The van der Waals surface area contributed by atoms with Crippen LogP contribution in [0.25, 0.3) is 0 Å². The van der Waals surface area contributed by atoms with E-state index in [0.717, 1.165) is 51.6 Å². The van der Waals surface area contributed by atoms with Gasteiger partial charge in [0.05, 0.1) is 0 Å². The van der Waals surface area contributed by atoms with E-state index in [4.69, 9.17) is 0 Å². The van der Waals surface area contributed by atoms with Gasteiger partial charge in [0.25, 0.3) is 0 Å². The van der Waals surface area contributed by atoms with E-state index >= 15 is 0 Å². The Labute approximate surface area is 153 Å². The summed E-state index contributed by atoms with van der Waals surface area (Å²) in [6.45, 7) is 11.0. The van der Waals surface area contributed by atoms with E-state index in [1.54, 1.807) is 0 Å². The summed E-state index contributed by atoms with van der Waals surface area (Å²) in [5.41, 5.74) is 0. The average molecular weight is 352 g/mol. The van der Waals surface area contributed by atoms with Gasteiger partial charge in [-0.3, -0.25) is 14.5 Å². The van der Waals surface area contributed by atoms with Gasteiger partial charge in [-0.15, -0.1) is 0 Å². The van der Waals surface area contributed by atoms with Crippen molar-refractivity contribution >= 4 is 11.8 Å². The van der Waals surface area contributed by atoms with Crippen LogP contribution in [-0.2, 0) is 9.59 Å². The van der Waals surface area contributed by atoms with E-state index in [9.17, 15) is 9.59 Å². The van der Waals surface area contributed by atoms with Crippen LogP contribution in [0.5, 0.6) is 0 Å². The Kier molecular flexibility index (Phi) is 7.73. The molecule has 0 aromatic heterocycles. The number of rotatable bonds is 7. The molecule has 1 aliphatic heterocycles. The summed E-state index contributed by atoms with van der Waals surface area (Å²) in [7, 11) is 0. The van der Waals surface area contributed by atoms with Gasteiger partial charge < -0.3 is 10.2 Å². The summed E-state index contributed by atoms with van der Waals surface area (Å²) in [4.78, 5) is 29.7. The Balaban J connectivity index is 1.84. The van der Waals surface area contributed by atoms with Gasteiger partial charge in [0, 0.05) is 37.6 Å². The summed E-state index contributed by atoms with van der Waals surface area (Å²) in [6.07, 6.45) is 7.31. The van der Waals surface area contributed by atoms with Crippen molar-refractivity contribution in [1.29, 1.82) is 0 Å². The monoisotopic (exact) mass is 351 g/mol. The van der Waals surface area contributed by atoms with Crippen LogP contribution in [0.2, 0.25) is 0 Å². The molecular formula is C20H37N3O2. The van der Waals surface area contributed by atoms with Gasteiger partial charge in [-0.2, -0.15) is 0 Å². The normalized spacial score (nSPS) is 22.2. The second-order valence-corrected chi connectivity index (χ2v) is 8.24. The van der Waals surface area contributed by atoms with Crippen LogP contribution in [0, 0.1) is 5.92 Å². The van der Waals surface area contributed by atoms with Crippen LogP contribution in [0.15, 0.2) is 0 Å². The molecule has 5 heteroatoms. The lowest BCUT2D eigenvalue weighted by Gasteiger charge is -2.32. The maximum atomic E-state index is 12.8. The Morgan fingerprint density at radius 1 is 1.00 bits per heavy atom. The minimum atomic E-state index is -0.249. The molecule has 1 saturated carbocycles. The fourth-order valence-corrected chi connectivity index (χ4v) is 4.43. The van der Waals surface area contributed by atoms with Crippen LogP contribution < -0.4 is 5.32 Å². The molecule has 0 aromatic carbocycles. The summed E-state index contributed by atoms with van der Waals surface area (Å²) in [5, 5.41) is 3.08. The van der Waals surface area contributed by atoms with Gasteiger partial charge >= 0.3 is 0 Å². The molecule has 1 N–H and O–H groups in total. The number of carbonyl (C=O) groups excluding carboxylic acids is 2. The molecule has 0 spiro atoms. The van der Waals surface area contributed by atoms with Crippen LogP contribution in [0.4, 0.5) is 0 Å². The zero-order valence-corrected chi connectivity index (χ0v) is 16.6. The number of hydrogen-bond donors (Lipinski definition) is 1. The molecule has 1 saturated heterocycles. The zero-order valence-electron chi connectivity index (χ0n) is 16.6. The van der Waals surface area contributed by atoms with Crippen LogP contribution >= 0.6 is 0 Å². The third kappa shape index (κ3) is 5.44. The second kappa shape index (κ2) is 9.56. The van der Waals surface area contributed by atoms with Crippen molar-refractivity contribution < 1.29 is 9.59 Å². The molecular weight excluding hydrogens is 314 g/mol. The average Bonchev–Trinajstić information content (AvgIpc) is 3.07. The first kappa shape index (κ1) is 20.2. The van der Waals surface area contributed by atoms with Crippen molar-refractivity contribution in [3.63, 3.8) is 0 Å². The van der Waals surface area contributed by atoms with E-state index in [2.05, 4.69) is 37.9 Å². The highest BCUT2D eigenvalue weighted by Crippen LogP contribution is 2.28. The Bertz CT molecular complexity index is 436. The first-order valence-electron chi connectivity index (χ1n) is 10.3. The number of amides is 2. The molecule has 1 aliphatic carbocycles. The molecule has 5 nitrogen and oxygen atoms in total. The minimum absolute atomic E-state index is 0.0362. The Morgan fingerprint density at radius 3 is 2.24 bits per heavy atom. The van der Waals surface area contributed by atoms with Gasteiger partial charge in [-0.05, 0) is 53.4 Å². The lowest BCUT2D eigenvalue weighted by Crippen LogP contribution is -2.50. The van der Waals surface area contributed by atoms with Gasteiger partial charge in [-0.25, -0.2) is 0 Å². The topological polar surface area (TPSA) is 52.7 Å². The van der Waals surface area contributed by atoms with E-state index < -0.39 is 0 Å². The van der Waals surface area contributed by atoms with Crippen LogP contribution in [-0.4, -0.2) is 59.4 Å².